The molecule has 0 fully saturated rings. The summed E-state index contributed by atoms with van der Waals surface area (Å²) >= 11 is 1.44. The summed E-state index contributed by atoms with van der Waals surface area (Å²) in [5.74, 6) is -0.429. The van der Waals surface area contributed by atoms with Gasteiger partial charge in [0.25, 0.3) is 0 Å². The van der Waals surface area contributed by atoms with E-state index in [1.807, 2.05) is 65.4 Å². The van der Waals surface area contributed by atoms with E-state index in [4.69, 9.17) is 10.7 Å². The van der Waals surface area contributed by atoms with E-state index in [9.17, 15) is 9.18 Å². The summed E-state index contributed by atoms with van der Waals surface area (Å²) in [6.07, 6.45) is 1.84. The van der Waals surface area contributed by atoms with Crippen LogP contribution in [0.15, 0.2) is 78.3 Å². The van der Waals surface area contributed by atoms with Crippen molar-refractivity contribution in [2.24, 2.45) is 0 Å². The first-order chi connectivity index (χ1) is 15.0. The van der Waals surface area contributed by atoms with Crippen molar-refractivity contribution in [1.82, 2.24) is 9.38 Å². The second-order valence-corrected chi connectivity index (χ2v) is 8.19. The summed E-state index contributed by atoms with van der Waals surface area (Å²) in [5, 5.41) is 2.62. The van der Waals surface area contributed by atoms with Crippen LogP contribution < -0.4 is 5.73 Å². The van der Waals surface area contributed by atoms with E-state index in [1.165, 1.54) is 23.5 Å². The fraction of sp³-hybridized carbons (Fsp3) is 0.0400. The molecule has 6 heteroatoms. The van der Waals surface area contributed by atoms with Gasteiger partial charge in [0.2, 0.25) is 5.78 Å². The number of hydrogen-bond acceptors (Lipinski definition) is 4. The summed E-state index contributed by atoms with van der Waals surface area (Å²) in [5.41, 5.74) is 12.2. The lowest BCUT2D eigenvalue weighted by atomic mass is 10.1. The first kappa shape index (κ1) is 19.2. The van der Waals surface area contributed by atoms with Gasteiger partial charge < -0.3 is 10.1 Å². The third kappa shape index (κ3) is 3.31. The number of rotatable bonds is 4. The van der Waals surface area contributed by atoms with E-state index >= 15 is 0 Å². The zero-order valence-corrected chi connectivity index (χ0v) is 17.5. The number of nitrogens with zero attached hydrogens (tertiary/aromatic N) is 2. The number of pyridine rings is 1. The van der Waals surface area contributed by atoms with Gasteiger partial charge in [-0.15, -0.1) is 11.3 Å². The molecule has 3 aromatic heterocycles. The van der Waals surface area contributed by atoms with Crippen LogP contribution in [-0.2, 0) is 0 Å². The normalized spacial score (nSPS) is 11.2. The molecule has 0 radical (unpaired) electrons. The average Bonchev–Trinajstić information content (AvgIpc) is 3.36. The van der Waals surface area contributed by atoms with E-state index in [0.29, 0.717) is 22.0 Å². The van der Waals surface area contributed by atoms with Gasteiger partial charge in [0.05, 0.1) is 22.5 Å². The van der Waals surface area contributed by atoms with Gasteiger partial charge in [-0.1, -0.05) is 35.9 Å². The van der Waals surface area contributed by atoms with Crippen molar-refractivity contribution in [3.05, 3.63) is 101 Å². The fourth-order valence-electron chi connectivity index (χ4n) is 3.67. The molecule has 31 heavy (non-hydrogen) atoms. The second-order valence-electron chi connectivity index (χ2n) is 7.33. The quantitative estimate of drug-likeness (QED) is 0.358. The average molecular weight is 428 g/mol. The molecule has 0 amide bonds. The van der Waals surface area contributed by atoms with Gasteiger partial charge in [-0.2, -0.15) is 0 Å². The van der Waals surface area contributed by atoms with Gasteiger partial charge in [-0.25, -0.2) is 9.37 Å². The van der Waals surface area contributed by atoms with Crippen LogP contribution in [0.5, 0.6) is 0 Å². The first-order valence-electron chi connectivity index (χ1n) is 9.74. The van der Waals surface area contributed by atoms with Crippen LogP contribution in [0, 0.1) is 12.7 Å². The van der Waals surface area contributed by atoms with Crippen molar-refractivity contribution >= 4 is 28.3 Å². The molecule has 152 valence electrons. The Bertz CT molecular complexity index is 1420. The maximum Gasteiger partial charge on any atom is 0.211 e. The molecule has 0 aliphatic heterocycles. The summed E-state index contributed by atoms with van der Waals surface area (Å²) < 4.78 is 15.1. The summed E-state index contributed by atoms with van der Waals surface area (Å²) in [4.78, 5) is 18.1. The van der Waals surface area contributed by atoms with Gasteiger partial charge in [-0.05, 0) is 43.3 Å². The molecule has 5 rings (SSSR count). The number of halogens is 1. The van der Waals surface area contributed by atoms with Crippen molar-refractivity contribution in [3.8, 4) is 21.8 Å². The Balaban J connectivity index is 1.65. The molecule has 0 aliphatic rings. The summed E-state index contributed by atoms with van der Waals surface area (Å²) in [6, 6.07) is 19.4. The number of hydrogen-bond donors (Lipinski definition) is 1. The molecule has 4 nitrogen and oxygen atoms in total. The lowest BCUT2D eigenvalue weighted by molar-refractivity contribution is 0.103. The van der Waals surface area contributed by atoms with Crippen LogP contribution in [0.25, 0.3) is 27.3 Å². The van der Waals surface area contributed by atoms with Crippen molar-refractivity contribution < 1.29 is 9.18 Å². The molecule has 3 heterocycles. The van der Waals surface area contributed by atoms with Crippen molar-refractivity contribution in [3.63, 3.8) is 0 Å². The molecule has 2 N–H and O–H groups in total. The molecule has 0 saturated heterocycles. The molecular weight excluding hydrogens is 409 g/mol. The molecule has 0 aliphatic carbocycles. The van der Waals surface area contributed by atoms with E-state index < -0.39 is 0 Å². The second kappa shape index (κ2) is 7.49. The number of nitrogens with two attached hydrogens (primary N) is 1. The number of nitrogen functional groups attached to an aromatic ring is 1. The van der Waals surface area contributed by atoms with Gasteiger partial charge in [0, 0.05) is 22.7 Å². The van der Waals surface area contributed by atoms with Gasteiger partial charge in [0.15, 0.2) is 0 Å². The fourth-order valence-corrected chi connectivity index (χ4v) is 4.56. The topological polar surface area (TPSA) is 60.4 Å². The minimum atomic E-state index is -0.291. The van der Waals surface area contributed by atoms with Crippen molar-refractivity contribution in [2.45, 2.75) is 6.92 Å². The number of ketones is 1. The van der Waals surface area contributed by atoms with E-state index in [2.05, 4.69) is 0 Å². The standard InChI is InChI=1S/C25H18FN3OS/c1-15-5-7-17(8-6-15)24(30)23-22(27)21(20-4-2-3-13-29(20)23)25-28-19(14-31-25)16-9-11-18(26)12-10-16/h2-14H,27H2,1H3. The van der Waals surface area contributed by atoms with Crippen LogP contribution in [0.4, 0.5) is 10.1 Å². The predicted octanol–water partition coefficient (Wildman–Crippen LogP) is 5.99. The number of aromatic nitrogens is 2. The molecule has 2 aromatic carbocycles. The number of carbonyl (C=O) groups excluding carboxylic acids is 1. The Kier molecular flexibility index (Phi) is 4.64. The molecule has 0 unspecified atom stereocenters. The Labute approximate surface area is 182 Å². The van der Waals surface area contributed by atoms with Gasteiger partial charge >= 0.3 is 0 Å². The highest BCUT2D eigenvalue weighted by atomic mass is 32.1. The van der Waals surface area contributed by atoms with Crippen LogP contribution >= 0.6 is 11.3 Å². The molecular formula is C25H18FN3OS. The zero-order chi connectivity index (χ0) is 21.5. The maximum atomic E-state index is 13.3. The van der Waals surface area contributed by atoms with Crippen LogP contribution in [-0.4, -0.2) is 15.2 Å². The highest BCUT2D eigenvalue weighted by Crippen LogP contribution is 2.39. The number of anilines is 1. The molecule has 0 spiro atoms. The van der Waals surface area contributed by atoms with Gasteiger partial charge in [0.1, 0.15) is 16.5 Å². The minimum Gasteiger partial charge on any atom is -0.396 e. The summed E-state index contributed by atoms with van der Waals surface area (Å²) in [6.45, 7) is 1.98. The maximum absolute atomic E-state index is 13.3. The van der Waals surface area contributed by atoms with Crippen molar-refractivity contribution in [1.29, 1.82) is 0 Å². The Morgan fingerprint density at radius 3 is 2.52 bits per heavy atom. The third-order valence-electron chi connectivity index (χ3n) is 5.27. The number of aryl methyl sites for hydroxylation is 1. The zero-order valence-electron chi connectivity index (χ0n) is 16.7. The van der Waals surface area contributed by atoms with Crippen LogP contribution in [0.1, 0.15) is 21.6 Å². The first-order valence-corrected chi connectivity index (χ1v) is 10.6. The van der Waals surface area contributed by atoms with Crippen LogP contribution in [0.3, 0.4) is 0 Å². The Hall–Kier alpha value is -3.77. The highest BCUT2D eigenvalue weighted by Gasteiger charge is 2.25. The van der Waals surface area contributed by atoms with E-state index in [1.54, 1.807) is 12.1 Å². The Morgan fingerprint density at radius 2 is 1.77 bits per heavy atom. The number of benzene rings is 2. The molecule has 0 saturated carbocycles. The van der Waals surface area contributed by atoms with E-state index in [-0.39, 0.29) is 11.6 Å². The van der Waals surface area contributed by atoms with Crippen LogP contribution in [0.2, 0.25) is 0 Å². The largest absolute Gasteiger partial charge is 0.396 e. The molecule has 0 atom stereocenters. The minimum absolute atomic E-state index is 0.139. The predicted molar refractivity (Wildman–Crippen MR) is 123 cm³/mol. The van der Waals surface area contributed by atoms with Gasteiger partial charge in [-0.3, -0.25) is 4.79 Å². The number of fused-ring (bicyclic) bond motifs is 1. The number of thiazole rings is 1. The molecule has 0 bridgehead atoms. The highest BCUT2D eigenvalue weighted by molar-refractivity contribution is 7.13. The third-order valence-corrected chi connectivity index (χ3v) is 6.13. The lowest BCUT2D eigenvalue weighted by Gasteiger charge is -2.04. The molecule has 5 aromatic rings. The number of carbonyl (C=O) groups is 1. The Morgan fingerprint density at radius 1 is 1.03 bits per heavy atom. The van der Waals surface area contributed by atoms with Crippen molar-refractivity contribution in [2.75, 3.05) is 5.73 Å². The SMILES string of the molecule is Cc1ccc(C(=O)c2c(N)c(-c3nc(-c4ccc(F)cc4)cs3)c3ccccn23)cc1. The smallest absolute Gasteiger partial charge is 0.211 e. The lowest BCUT2D eigenvalue weighted by Crippen LogP contribution is -2.08. The van der Waals surface area contributed by atoms with E-state index in [0.717, 1.165) is 27.9 Å². The summed E-state index contributed by atoms with van der Waals surface area (Å²) in [7, 11) is 0. The monoisotopic (exact) mass is 427 g/mol.